The molecule has 0 spiro atoms. The minimum atomic E-state index is -4.95. The number of hydrogen-bond donors (Lipinski definition) is 0. The normalized spacial score (nSPS) is 12.4. The molecule has 3 nitrogen and oxygen atoms in total. The third-order valence-electron chi connectivity index (χ3n) is 2.12. The topological polar surface area (TPSA) is 39.2 Å². The van der Waals surface area contributed by atoms with E-state index in [0.29, 0.717) is 0 Å². The summed E-state index contributed by atoms with van der Waals surface area (Å²) in [5.41, 5.74) is -3.78. The van der Waals surface area contributed by atoms with E-state index in [0.717, 1.165) is 7.11 Å². The first-order valence-electron chi connectivity index (χ1n) is 4.76. The van der Waals surface area contributed by atoms with Gasteiger partial charge in [-0.05, 0) is 11.6 Å². The average Bonchev–Trinajstić information content (AvgIpc) is 2.26. The molecule has 0 N–H and O–H groups in total. The Morgan fingerprint density at radius 2 is 1.79 bits per heavy atom. The zero-order valence-corrected chi connectivity index (χ0v) is 9.39. The van der Waals surface area contributed by atoms with E-state index in [4.69, 9.17) is 0 Å². The van der Waals surface area contributed by atoms with Crippen LogP contribution in [0.25, 0.3) is 0 Å². The Labute approximate surface area is 103 Å². The van der Waals surface area contributed by atoms with E-state index in [1.165, 1.54) is 0 Å². The number of carbonyl (C=O) groups excluding carboxylic acids is 1. The van der Waals surface area contributed by atoms with Crippen molar-refractivity contribution in [2.75, 3.05) is 7.11 Å². The van der Waals surface area contributed by atoms with Crippen LogP contribution in [0.5, 0.6) is 0 Å². The number of halogens is 6. The number of ether oxygens (including phenoxy) is 1. The number of hydrogen-bond acceptors (Lipinski definition) is 3. The Balaban J connectivity index is 3.31. The Morgan fingerprint density at radius 3 is 2.21 bits per heavy atom. The summed E-state index contributed by atoms with van der Waals surface area (Å²) >= 11 is 0. The van der Waals surface area contributed by atoms with Crippen LogP contribution in [-0.4, -0.2) is 18.1 Å². The van der Waals surface area contributed by atoms with Crippen LogP contribution in [-0.2, 0) is 28.3 Å². The van der Waals surface area contributed by atoms with E-state index in [2.05, 4.69) is 9.72 Å². The number of methoxy groups -OCH3 is 1. The lowest BCUT2D eigenvalue weighted by Crippen LogP contribution is -2.17. The third kappa shape index (κ3) is 3.83. The molecule has 9 heteroatoms. The van der Waals surface area contributed by atoms with Crippen LogP contribution in [0, 0.1) is 0 Å². The van der Waals surface area contributed by atoms with Crippen LogP contribution in [0.4, 0.5) is 26.3 Å². The summed E-state index contributed by atoms with van der Waals surface area (Å²) in [6, 6.07) is 0.243. The first-order valence-corrected chi connectivity index (χ1v) is 4.76. The average molecular weight is 287 g/mol. The van der Waals surface area contributed by atoms with Gasteiger partial charge in [0.15, 0.2) is 0 Å². The van der Waals surface area contributed by atoms with Crippen molar-refractivity contribution < 1.29 is 35.9 Å². The standard InChI is InChI=1S/C10H7F6NO2/c1-19-7(18)3-5-2-6(9(11,12)13)4-17-8(5)10(14,15)16/h2,4H,3H2,1H3. The first kappa shape index (κ1) is 15.3. The van der Waals surface area contributed by atoms with E-state index in [1.807, 2.05) is 0 Å². The molecule has 0 radical (unpaired) electrons. The van der Waals surface area contributed by atoms with Gasteiger partial charge in [-0.25, -0.2) is 0 Å². The van der Waals surface area contributed by atoms with Crippen molar-refractivity contribution in [1.29, 1.82) is 0 Å². The highest BCUT2D eigenvalue weighted by atomic mass is 19.4. The smallest absolute Gasteiger partial charge is 0.433 e. The number of nitrogens with zero attached hydrogens (tertiary/aromatic N) is 1. The molecule has 0 saturated heterocycles. The second-order valence-electron chi connectivity index (χ2n) is 3.48. The van der Waals surface area contributed by atoms with Gasteiger partial charge in [0.25, 0.3) is 0 Å². The SMILES string of the molecule is COC(=O)Cc1cc(C(F)(F)F)cnc1C(F)(F)F. The molecule has 0 fully saturated rings. The maximum Gasteiger partial charge on any atom is 0.433 e. The van der Waals surface area contributed by atoms with Gasteiger partial charge in [0.05, 0.1) is 19.1 Å². The molecule has 0 aromatic carbocycles. The lowest BCUT2D eigenvalue weighted by molar-refractivity contribution is -0.146. The van der Waals surface area contributed by atoms with E-state index < -0.39 is 41.6 Å². The number of pyridine rings is 1. The Bertz CT molecular complexity index is 480. The van der Waals surface area contributed by atoms with E-state index in [9.17, 15) is 31.1 Å². The van der Waals surface area contributed by atoms with Crippen molar-refractivity contribution in [2.24, 2.45) is 0 Å². The predicted octanol–water partition coefficient (Wildman–Crippen LogP) is 2.83. The summed E-state index contributed by atoms with van der Waals surface area (Å²) < 4.78 is 78.9. The number of esters is 1. The van der Waals surface area contributed by atoms with Gasteiger partial charge >= 0.3 is 18.3 Å². The highest BCUT2D eigenvalue weighted by Gasteiger charge is 2.38. The van der Waals surface area contributed by atoms with Gasteiger partial charge in [-0.2, -0.15) is 26.3 Å². The van der Waals surface area contributed by atoms with Crippen LogP contribution in [0.15, 0.2) is 12.3 Å². The molecule has 0 unspecified atom stereocenters. The Hall–Kier alpha value is -1.80. The van der Waals surface area contributed by atoms with Crippen molar-refractivity contribution in [3.63, 3.8) is 0 Å². The summed E-state index contributed by atoms with van der Waals surface area (Å²) in [7, 11) is 0.913. The zero-order chi connectivity index (χ0) is 14.8. The summed E-state index contributed by atoms with van der Waals surface area (Å²) in [6.07, 6.45) is -10.7. The van der Waals surface area contributed by atoms with Gasteiger partial charge in [-0.1, -0.05) is 0 Å². The van der Waals surface area contributed by atoms with Crippen LogP contribution in [0.1, 0.15) is 16.8 Å². The number of rotatable bonds is 2. The van der Waals surface area contributed by atoms with Crippen molar-refractivity contribution in [3.05, 3.63) is 29.1 Å². The van der Waals surface area contributed by atoms with Crippen molar-refractivity contribution in [2.45, 2.75) is 18.8 Å². The maximum atomic E-state index is 12.5. The molecule has 1 aromatic rings. The molecule has 1 heterocycles. The second kappa shape index (κ2) is 5.06. The fourth-order valence-corrected chi connectivity index (χ4v) is 1.28. The fraction of sp³-hybridized carbons (Fsp3) is 0.400. The lowest BCUT2D eigenvalue weighted by atomic mass is 10.1. The molecule has 19 heavy (non-hydrogen) atoms. The molecule has 0 amide bonds. The van der Waals surface area contributed by atoms with Gasteiger partial charge in [0, 0.05) is 6.20 Å². The molecule has 0 aliphatic carbocycles. The first-order chi connectivity index (χ1) is 8.55. The number of alkyl halides is 6. The highest BCUT2D eigenvalue weighted by Crippen LogP contribution is 2.35. The van der Waals surface area contributed by atoms with E-state index in [-0.39, 0.29) is 12.3 Å². The van der Waals surface area contributed by atoms with Crippen molar-refractivity contribution in [1.82, 2.24) is 4.98 Å². The largest absolute Gasteiger partial charge is 0.469 e. The van der Waals surface area contributed by atoms with Gasteiger partial charge < -0.3 is 4.74 Å². The molecule has 1 rings (SSSR count). The molecular formula is C10H7F6NO2. The quantitative estimate of drug-likeness (QED) is 0.620. The van der Waals surface area contributed by atoms with Crippen molar-refractivity contribution >= 4 is 5.97 Å². The van der Waals surface area contributed by atoms with Gasteiger partial charge in [-0.3, -0.25) is 9.78 Å². The molecule has 1 aromatic heterocycles. The minimum Gasteiger partial charge on any atom is -0.469 e. The molecule has 0 saturated carbocycles. The molecule has 0 aliphatic rings. The van der Waals surface area contributed by atoms with Gasteiger partial charge in [0.2, 0.25) is 0 Å². The number of aromatic nitrogens is 1. The van der Waals surface area contributed by atoms with E-state index in [1.54, 1.807) is 0 Å². The van der Waals surface area contributed by atoms with Crippen LogP contribution >= 0.6 is 0 Å². The summed E-state index contributed by atoms with van der Waals surface area (Å²) in [5.74, 6) is -1.09. The maximum absolute atomic E-state index is 12.5. The fourth-order valence-electron chi connectivity index (χ4n) is 1.28. The third-order valence-corrected chi connectivity index (χ3v) is 2.12. The van der Waals surface area contributed by atoms with Crippen LogP contribution in [0.3, 0.4) is 0 Å². The molecule has 106 valence electrons. The minimum absolute atomic E-state index is 0.0730. The van der Waals surface area contributed by atoms with E-state index >= 15 is 0 Å². The van der Waals surface area contributed by atoms with Gasteiger partial charge in [0.1, 0.15) is 5.69 Å². The molecule has 0 atom stereocenters. The lowest BCUT2D eigenvalue weighted by Gasteiger charge is -2.14. The molecule has 0 bridgehead atoms. The summed E-state index contributed by atoms with van der Waals surface area (Å²) in [5, 5.41) is 0. The Morgan fingerprint density at radius 1 is 1.21 bits per heavy atom. The zero-order valence-electron chi connectivity index (χ0n) is 9.39. The predicted molar refractivity (Wildman–Crippen MR) is 50.0 cm³/mol. The summed E-state index contributed by atoms with van der Waals surface area (Å²) in [6.45, 7) is 0. The van der Waals surface area contributed by atoms with Crippen LogP contribution in [0.2, 0.25) is 0 Å². The van der Waals surface area contributed by atoms with Crippen molar-refractivity contribution in [3.8, 4) is 0 Å². The molecular weight excluding hydrogens is 280 g/mol. The summed E-state index contributed by atoms with van der Waals surface area (Å²) in [4.78, 5) is 13.7. The monoisotopic (exact) mass is 287 g/mol. The second-order valence-corrected chi connectivity index (χ2v) is 3.48. The Kier molecular flexibility index (Phi) is 4.06. The van der Waals surface area contributed by atoms with Crippen LogP contribution < -0.4 is 0 Å². The highest BCUT2D eigenvalue weighted by molar-refractivity contribution is 5.72. The number of carbonyl (C=O) groups is 1. The van der Waals surface area contributed by atoms with Gasteiger partial charge in [-0.15, -0.1) is 0 Å². The molecule has 0 aliphatic heterocycles.